The van der Waals surface area contributed by atoms with E-state index in [1.807, 2.05) is 31.2 Å². The van der Waals surface area contributed by atoms with Crippen LogP contribution >= 0.6 is 15.9 Å². The van der Waals surface area contributed by atoms with E-state index in [0.29, 0.717) is 5.56 Å². The Labute approximate surface area is 143 Å². The Morgan fingerprint density at radius 2 is 1.96 bits per heavy atom. The van der Waals surface area contributed by atoms with Crippen LogP contribution in [0.5, 0.6) is 5.75 Å². The number of anilines is 1. The third kappa shape index (κ3) is 5.10. The summed E-state index contributed by atoms with van der Waals surface area (Å²) in [5, 5.41) is 16.7. The molecule has 2 aromatic carbocycles. The Balaban J connectivity index is 1.92. The van der Waals surface area contributed by atoms with Crippen molar-refractivity contribution in [3.05, 3.63) is 58.1 Å². The Kier molecular flexibility index (Phi) is 5.76. The molecule has 23 heavy (non-hydrogen) atoms. The molecule has 6 heteroatoms. The molecule has 2 rings (SSSR count). The largest absolute Gasteiger partial charge is 0.507 e. The lowest BCUT2D eigenvalue weighted by Crippen LogP contribution is -2.34. The molecular formula is C17H18BrN3O2. The minimum Gasteiger partial charge on any atom is -0.507 e. The molecule has 0 aliphatic heterocycles. The first kappa shape index (κ1) is 17.0. The van der Waals surface area contributed by atoms with Gasteiger partial charge in [0.05, 0.1) is 6.21 Å². The number of nitrogens with one attached hydrogen (secondary N) is 2. The maximum atomic E-state index is 12.0. The van der Waals surface area contributed by atoms with E-state index in [1.54, 1.807) is 25.1 Å². The molecule has 0 spiro atoms. The summed E-state index contributed by atoms with van der Waals surface area (Å²) < 4.78 is 0.817. The van der Waals surface area contributed by atoms with E-state index < -0.39 is 6.04 Å². The number of hydrogen-bond acceptors (Lipinski definition) is 4. The predicted octanol–water partition coefficient (Wildman–Crippen LogP) is 3.41. The van der Waals surface area contributed by atoms with Gasteiger partial charge in [-0.15, -0.1) is 0 Å². The SMILES string of the molecule is Cc1ccc(N[C@@H](C)C(=O)N/N=C\c2cc(Br)ccc2O)cc1. The molecule has 2 aromatic rings. The van der Waals surface area contributed by atoms with E-state index in [1.165, 1.54) is 6.21 Å². The zero-order valence-corrected chi connectivity index (χ0v) is 14.5. The van der Waals surface area contributed by atoms with Crippen LogP contribution in [-0.4, -0.2) is 23.3 Å². The summed E-state index contributed by atoms with van der Waals surface area (Å²) in [5.41, 5.74) is 4.99. The minimum absolute atomic E-state index is 0.0945. The van der Waals surface area contributed by atoms with Crippen LogP contribution in [0.25, 0.3) is 0 Å². The van der Waals surface area contributed by atoms with Crippen LogP contribution in [-0.2, 0) is 4.79 Å². The molecule has 1 amide bonds. The highest BCUT2D eigenvalue weighted by Crippen LogP contribution is 2.19. The fraction of sp³-hybridized carbons (Fsp3) is 0.176. The van der Waals surface area contributed by atoms with E-state index in [9.17, 15) is 9.90 Å². The topological polar surface area (TPSA) is 73.7 Å². The van der Waals surface area contributed by atoms with Gasteiger partial charge in [0.25, 0.3) is 5.91 Å². The number of carbonyl (C=O) groups excluding carboxylic acids is 1. The third-order valence-electron chi connectivity index (χ3n) is 3.20. The number of hydrazone groups is 1. The number of carbonyl (C=O) groups is 1. The van der Waals surface area contributed by atoms with Crippen molar-refractivity contribution in [1.82, 2.24) is 5.43 Å². The summed E-state index contributed by atoms with van der Waals surface area (Å²) >= 11 is 3.31. The van der Waals surface area contributed by atoms with Crippen LogP contribution in [0.2, 0.25) is 0 Å². The van der Waals surface area contributed by atoms with Crippen LogP contribution in [0.3, 0.4) is 0 Å². The van der Waals surface area contributed by atoms with Crippen molar-refractivity contribution in [2.24, 2.45) is 5.10 Å². The van der Waals surface area contributed by atoms with Crippen molar-refractivity contribution in [2.75, 3.05) is 5.32 Å². The van der Waals surface area contributed by atoms with Crippen LogP contribution in [0.1, 0.15) is 18.1 Å². The van der Waals surface area contributed by atoms with Gasteiger partial charge in [0.2, 0.25) is 0 Å². The highest BCUT2D eigenvalue weighted by atomic mass is 79.9. The van der Waals surface area contributed by atoms with Crippen molar-refractivity contribution >= 4 is 33.7 Å². The molecule has 120 valence electrons. The molecule has 0 saturated carbocycles. The van der Waals surface area contributed by atoms with Crippen LogP contribution < -0.4 is 10.7 Å². The molecular weight excluding hydrogens is 358 g/mol. The van der Waals surface area contributed by atoms with E-state index in [2.05, 4.69) is 31.8 Å². The zero-order valence-electron chi connectivity index (χ0n) is 12.9. The fourth-order valence-electron chi connectivity index (χ4n) is 1.86. The highest BCUT2D eigenvalue weighted by molar-refractivity contribution is 9.10. The van der Waals surface area contributed by atoms with Gasteiger partial charge >= 0.3 is 0 Å². The first-order valence-corrected chi connectivity index (χ1v) is 7.89. The molecule has 0 heterocycles. The van der Waals surface area contributed by atoms with Crippen molar-refractivity contribution in [1.29, 1.82) is 0 Å². The Morgan fingerprint density at radius 1 is 1.26 bits per heavy atom. The number of rotatable bonds is 5. The van der Waals surface area contributed by atoms with Gasteiger partial charge in [0, 0.05) is 15.7 Å². The third-order valence-corrected chi connectivity index (χ3v) is 3.69. The number of aromatic hydroxyl groups is 1. The number of phenols is 1. The molecule has 0 aliphatic rings. The van der Waals surface area contributed by atoms with Gasteiger partial charge in [-0.2, -0.15) is 5.10 Å². The van der Waals surface area contributed by atoms with Gasteiger partial charge in [-0.3, -0.25) is 4.79 Å². The quantitative estimate of drug-likeness (QED) is 0.553. The number of benzene rings is 2. The van der Waals surface area contributed by atoms with Crippen molar-refractivity contribution < 1.29 is 9.90 Å². The summed E-state index contributed by atoms with van der Waals surface area (Å²) in [6, 6.07) is 12.3. The van der Waals surface area contributed by atoms with Crippen molar-refractivity contribution in [3.8, 4) is 5.75 Å². The summed E-state index contributed by atoms with van der Waals surface area (Å²) in [6.45, 7) is 3.76. The van der Waals surface area contributed by atoms with Gasteiger partial charge < -0.3 is 10.4 Å². The molecule has 0 saturated heterocycles. The Morgan fingerprint density at radius 3 is 2.65 bits per heavy atom. The first-order chi connectivity index (χ1) is 11.0. The molecule has 0 bridgehead atoms. The molecule has 1 atom stereocenters. The molecule has 0 aliphatic carbocycles. The molecule has 5 nitrogen and oxygen atoms in total. The average Bonchev–Trinajstić information content (AvgIpc) is 2.52. The maximum absolute atomic E-state index is 12.0. The minimum atomic E-state index is -0.439. The van der Waals surface area contributed by atoms with Gasteiger partial charge in [0.15, 0.2) is 0 Å². The van der Waals surface area contributed by atoms with Crippen molar-refractivity contribution in [3.63, 3.8) is 0 Å². The standard InChI is InChI=1S/C17H18BrN3O2/c1-11-3-6-15(7-4-11)20-12(2)17(23)21-19-10-13-9-14(18)5-8-16(13)22/h3-10,12,20,22H,1-2H3,(H,21,23)/b19-10-/t12-/m0/s1. The van der Waals surface area contributed by atoms with Crippen LogP contribution in [0, 0.1) is 6.92 Å². The lowest BCUT2D eigenvalue weighted by atomic mass is 10.2. The smallest absolute Gasteiger partial charge is 0.262 e. The number of nitrogens with zero attached hydrogens (tertiary/aromatic N) is 1. The zero-order chi connectivity index (χ0) is 16.8. The number of halogens is 1. The second kappa shape index (κ2) is 7.78. The highest BCUT2D eigenvalue weighted by Gasteiger charge is 2.11. The van der Waals surface area contributed by atoms with Gasteiger partial charge in [0.1, 0.15) is 11.8 Å². The maximum Gasteiger partial charge on any atom is 0.262 e. The van der Waals surface area contributed by atoms with E-state index in [4.69, 9.17) is 0 Å². The van der Waals surface area contributed by atoms with Gasteiger partial charge in [-0.25, -0.2) is 5.43 Å². The van der Waals surface area contributed by atoms with Gasteiger partial charge in [-0.05, 0) is 44.2 Å². The normalized spacial score (nSPS) is 12.1. The lowest BCUT2D eigenvalue weighted by Gasteiger charge is -2.13. The monoisotopic (exact) mass is 375 g/mol. The summed E-state index contributed by atoms with van der Waals surface area (Å²) in [6.07, 6.45) is 1.40. The second-order valence-corrected chi connectivity index (χ2v) is 6.09. The number of aryl methyl sites for hydroxylation is 1. The summed E-state index contributed by atoms with van der Waals surface area (Å²) in [5.74, 6) is -0.173. The second-order valence-electron chi connectivity index (χ2n) is 5.17. The van der Waals surface area contributed by atoms with Crippen molar-refractivity contribution in [2.45, 2.75) is 19.9 Å². The number of phenolic OH excluding ortho intramolecular Hbond substituents is 1. The number of hydrogen-bond donors (Lipinski definition) is 3. The van der Waals surface area contributed by atoms with E-state index >= 15 is 0 Å². The van der Waals surface area contributed by atoms with E-state index in [0.717, 1.165) is 15.7 Å². The molecule has 0 unspecified atom stereocenters. The van der Waals surface area contributed by atoms with Crippen LogP contribution in [0.15, 0.2) is 52.0 Å². The lowest BCUT2D eigenvalue weighted by molar-refractivity contribution is -0.121. The van der Waals surface area contributed by atoms with Crippen LogP contribution in [0.4, 0.5) is 5.69 Å². The first-order valence-electron chi connectivity index (χ1n) is 7.10. The van der Waals surface area contributed by atoms with Gasteiger partial charge in [-0.1, -0.05) is 33.6 Å². The Hall–Kier alpha value is -2.34. The fourth-order valence-corrected chi connectivity index (χ4v) is 2.24. The number of amides is 1. The molecule has 3 N–H and O–H groups in total. The molecule has 0 aromatic heterocycles. The Bertz CT molecular complexity index is 714. The summed E-state index contributed by atoms with van der Waals surface area (Å²) in [4.78, 5) is 12.0. The summed E-state index contributed by atoms with van der Waals surface area (Å²) in [7, 11) is 0. The predicted molar refractivity (Wildman–Crippen MR) is 95.8 cm³/mol. The van der Waals surface area contributed by atoms with E-state index in [-0.39, 0.29) is 11.7 Å². The molecule has 0 radical (unpaired) electrons. The molecule has 0 fully saturated rings. The average molecular weight is 376 g/mol.